The largest absolute Gasteiger partial charge is 0.301 e. The molecule has 0 atom stereocenters. The summed E-state index contributed by atoms with van der Waals surface area (Å²) in [6.07, 6.45) is 0.519. The molecule has 96 valence electrons. The zero-order valence-corrected chi connectivity index (χ0v) is 11.1. The Morgan fingerprint density at radius 1 is 1.06 bits per heavy atom. The van der Waals surface area contributed by atoms with Gasteiger partial charge in [0.05, 0.1) is 12.5 Å². The highest BCUT2D eigenvalue weighted by Gasteiger charge is 2.16. The van der Waals surface area contributed by atoms with E-state index in [4.69, 9.17) is 5.26 Å². The van der Waals surface area contributed by atoms with Gasteiger partial charge in [-0.05, 0) is 17.7 Å². The molecule has 1 fully saturated rings. The average molecular weight is 243 g/mol. The molecule has 0 radical (unpaired) electrons. The summed E-state index contributed by atoms with van der Waals surface area (Å²) in [6, 6.07) is 10.6. The highest BCUT2D eigenvalue weighted by Crippen LogP contribution is 2.13. The summed E-state index contributed by atoms with van der Waals surface area (Å²) in [5, 5.41) is 8.85. The zero-order chi connectivity index (χ0) is 12.8. The molecule has 1 heterocycles. The Morgan fingerprint density at radius 2 is 1.67 bits per heavy atom. The first kappa shape index (κ1) is 13.1. The van der Waals surface area contributed by atoms with E-state index in [9.17, 15) is 0 Å². The quantitative estimate of drug-likeness (QED) is 0.809. The van der Waals surface area contributed by atoms with Crippen LogP contribution in [-0.2, 0) is 13.0 Å². The van der Waals surface area contributed by atoms with Crippen LogP contribution in [0.15, 0.2) is 24.3 Å². The van der Waals surface area contributed by atoms with E-state index in [2.05, 4.69) is 41.0 Å². The Kier molecular flexibility index (Phi) is 4.74. The molecule has 0 aliphatic carbocycles. The third kappa shape index (κ3) is 3.32. The van der Waals surface area contributed by atoms with Crippen LogP contribution < -0.4 is 0 Å². The number of likely N-dealkylation sites (N-methyl/N-ethyl adjacent to an activating group) is 1. The van der Waals surface area contributed by atoms with Crippen molar-refractivity contribution in [2.24, 2.45) is 0 Å². The number of benzene rings is 1. The lowest BCUT2D eigenvalue weighted by atomic mass is 10.0. The number of nitrogens with zero attached hydrogens (tertiary/aromatic N) is 3. The molecule has 3 heteroatoms. The topological polar surface area (TPSA) is 30.3 Å². The molecule has 1 aromatic carbocycles. The standard InChI is InChI=1S/C15H21N3/c1-2-17-9-11-18(12-10-17)13-15-6-4-3-5-14(15)7-8-16/h3-6H,2,7,9-13H2,1H3. The molecule has 0 unspecified atom stereocenters. The minimum absolute atomic E-state index is 0.519. The summed E-state index contributed by atoms with van der Waals surface area (Å²) >= 11 is 0. The van der Waals surface area contributed by atoms with Gasteiger partial charge in [-0.1, -0.05) is 31.2 Å². The third-order valence-corrected chi connectivity index (χ3v) is 3.69. The van der Waals surface area contributed by atoms with Crippen molar-refractivity contribution in [2.45, 2.75) is 19.9 Å². The predicted octanol–water partition coefficient (Wildman–Crippen LogP) is 1.89. The van der Waals surface area contributed by atoms with Crippen LogP contribution in [0.2, 0.25) is 0 Å². The second-order valence-electron chi connectivity index (χ2n) is 4.81. The second kappa shape index (κ2) is 6.53. The van der Waals surface area contributed by atoms with E-state index in [1.54, 1.807) is 0 Å². The molecule has 1 aliphatic rings. The van der Waals surface area contributed by atoms with Gasteiger partial charge in [-0.2, -0.15) is 5.26 Å². The first-order valence-electron chi connectivity index (χ1n) is 6.72. The van der Waals surface area contributed by atoms with Crippen molar-refractivity contribution in [3.63, 3.8) is 0 Å². The zero-order valence-electron chi connectivity index (χ0n) is 11.1. The molecule has 1 aromatic rings. The van der Waals surface area contributed by atoms with Gasteiger partial charge >= 0.3 is 0 Å². The van der Waals surface area contributed by atoms with Crippen LogP contribution in [0.25, 0.3) is 0 Å². The molecule has 18 heavy (non-hydrogen) atoms. The Bertz CT molecular complexity index is 414. The van der Waals surface area contributed by atoms with Gasteiger partial charge in [-0.15, -0.1) is 0 Å². The van der Waals surface area contributed by atoms with Crippen LogP contribution in [0, 0.1) is 11.3 Å². The van der Waals surface area contributed by atoms with E-state index in [1.165, 1.54) is 11.1 Å². The lowest BCUT2D eigenvalue weighted by Crippen LogP contribution is -2.45. The lowest BCUT2D eigenvalue weighted by Gasteiger charge is -2.34. The molecule has 0 N–H and O–H groups in total. The van der Waals surface area contributed by atoms with E-state index in [-0.39, 0.29) is 0 Å². The molecule has 0 amide bonds. The Balaban J connectivity index is 1.96. The molecule has 0 bridgehead atoms. The van der Waals surface area contributed by atoms with Crippen molar-refractivity contribution >= 4 is 0 Å². The lowest BCUT2D eigenvalue weighted by molar-refractivity contribution is 0.131. The van der Waals surface area contributed by atoms with Crippen molar-refractivity contribution in [1.82, 2.24) is 9.80 Å². The fourth-order valence-corrected chi connectivity index (χ4v) is 2.47. The van der Waals surface area contributed by atoms with Crippen molar-refractivity contribution in [2.75, 3.05) is 32.7 Å². The van der Waals surface area contributed by atoms with Gasteiger partial charge in [0, 0.05) is 32.7 Å². The first-order valence-corrected chi connectivity index (χ1v) is 6.72. The molecule has 0 aromatic heterocycles. The maximum absolute atomic E-state index is 8.85. The Morgan fingerprint density at radius 3 is 2.28 bits per heavy atom. The third-order valence-electron chi connectivity index (χ3n) is 3.69. The summed E-state index contributed by atoms with van der Waals surface area (Å²) in [5.74, 6) is 0. The van der Waals surface area contributed by atoms with Gasteiger partial charge < -0.3 is 4.90 Å². The maximum Gasteiger partial charge on any atom is 0.0669 e. The van der Waals surface area contributed by atoms with Gasteiger partial charge in [0.15, 0.2) is 0 Å². The molecule has 3 nitrogen and oxygen atoms in total. The summed E-state index contributed by atoms with van der Waals surface area (Å²) in [6.45, 7) is 8.95. The molecule has 1 saturated heterocycles. The average Bonchev–Trinajstić information content (AvgIpc) is 2.42. The van der Waals surface area contributed by atoms with Crippen molar-refractivity contribution in [1.29, 1.82) is 5.26 Å². The second-order valence-corrected chi connectivity index (χ2v) is 4.81. The van der Waals surface area contributed by atoms with Gasteiger partial charge in [0.25, 0.3) is 0 Å². The van der Waals surface area contributed by atoms with Crippen LogP contribution in [0.3, 0.4) is 0 Å². The number of rotatable bonds is 4. The smallest absolute Gasteiger partial charge is 0.0669 e. The van der Waals surface area contributed by atoms with E-state index in [1.807, 2.05) is 6.07 Å². The van der Waals surface area contributed by atoms with Crippen LogP contribution >= 0.6 is 0 Å². The Hall–Kier alpha value is -1.37. The molecule has 0 saturated carbocycles. The molecule has 1 aliphatic heterocycles. The number of piperazine rings is 1. The van der Waals surface area contributed by atoms with Gasteiger partial charge in [-0.3, -0.25) is 4.90 Å². The summed E-state index contributed by atoms with van der Waals surface area (Å²) in [5.41, 5.74) is 2.49. The van der Waals surface area contributed by atoms with Crippen LogP contribution in [0.4, 0.5) is 0 Å². The fourth-order valence-electron chi connectivity index (χ4n) is 2.47. The summed E-state index contributed by atoms with van der Waals surface area (Å²) < 4.78 is 0. The normalized spacial score (nSPS) is 17.6. The number of nitriles is 1. The van der Waals surface area contributed by atoms with Crippen LogP contribution in [-0.4, -0.2) is 42.5 Å². The number of hydrogen-bond acceptors (Lipinski definition) is 3. The highest BCUT2D eigenvalue weighted by atomic mass is 15.3. The fraction of sp³-hybridized carbons (Fsp3) is 0.533. The van der Waals surface area contributed by atoms with Crippen molar-refractivity contribution < 1.29 is 0 Å². The SMILES string of the molecule is CCN1CCN(Cc2ccccc2CC#N)CC1. The van der Waals surface area contributed by atoms with Crippen molar-refractivity contribution in [3.8, 4) is 6.07 Å². The first-order chi connectivity index (χ1) is 8.83. The molecular formula is C15H21N3. The van der Waals surface area contributed by atoms with Gasteiger partial charge in [0.1, 0.15) is 0 Å². The van der Waals surface area contributed by atoms with E-state index >= 15 is 0 Å². The van der Waals surface area contributed by atoms with E-state index in [0.717, 1.165) is 39.3 Å². The van der Waals surface area contributed by atoms with Crippen LogP contribution in [0.5, 0.6) is 0 Å². The van der Waals surface area contributed by atoms with E-state index < -0.39 is 0 Å². The summed E-state index contributed by atoms with van der Waals surface area (Å²) in [7, 11) is 0. The van der Waals surface area contributed by atoms with Gasteiger partial charge in [-0.25, -0.2) is 0 Å². The molecule has 2 rings (SSSR count). The van der Waals surface area contributed by atoms with Gasteiger partial charge in [0.2, 0.25) is 0 Å². The molecular weight excluding hydrogens is 222 g/mol. The molecule has 0 spiro atoms. The number of hydrogen-bond donors (Lipinski definition) is 0. The van der Waals surface area contributed by atoms with Crippen LogP contribution in [0.1, 0.15) is 18.1 Å². The van der Waals surface area contributed by atoms with Crippen molar-refractivity contribution in [3.05, 3.63) is 35.4 Å². The monoisotopic (exact) mass is 243 g/mol. The minimum Gasteiger partial charge on any atom is -0.301 e. The summed E-state index contributed by atoms with van der Waals surface area (Å²) in [4.78, 5) is 4.97. The predicted molar refractivity (Wildman–Crippen MR) is 73.2 cm³/mol. The highest BCUT2D eigenvalue weighted by molar-refractivity contribution is 5.29. The Labute approximate surface area is 110 Å². The van der Waals surface area contributed by atoms with E-state index in [0.29, 0.717) is 6.42 Å². The maximum atomic E-state index is 8.85. The minimum atomic E-state index is 0.519.